The highest BCUT2D eigenvalue weighted by Gasteiger charge is 2.13. The molecule has 96 valence electrons. The van der Waals surface area contributed by atoms with Crippen LogP contribution in [0.25, 0.3) is 16.7 Å². The summed E-state index contributed by atoms with van der Waals surface area (Å²) in [5.74, 6) is -0.752. The Morgan fingerprint density at radius 2 is 2.15 bits per heavy atom. The van der Waals surface area contributed by atoms with Gasteiger partial charge in [0, 0.05) is 5.39 Å². The maximum Gasteiger partial charge on any atom is 0.336 e. The zero-order valence-electron chi connectivity index (χ0n) is 10.1. The summed E-state index contributed by atoms with van der Waals surface area (Å²) in [4.78, 5) is 19.4. The number of pyridine rings is 1. The highest BCUT2D eigenvalue weighted by molar-refractivity contribution is 6.02. The van der Waals surface area contributed by atoms with Gasteiger partial charge >= 0.3 is 5.97 Å². The van der Waals surface area contributed by atoms with Crippen LogP contribution in [0, 0.1) is 11.3 Å². The van der Waals surface area contributed by atoms with E-state index in [2.05, 4.69) is 15.1 Å². The van der Waals surface area contributed by atoms with Crippen molar-refractivity contribution < 1.29 is 9.90 Å². The Kier molecular flexibility index (Phi) is 2.62. The molecule has 0 atom stereocenters. The first-order valence-corrected chi connectivity index (χ1v) is 5.64. The van der Waals surface area contributed by atoms with Crippen LogP contribution in [-0.2, 0) is 0 Å². The number of para-hydroxylation sites is 1. The number of hydrogen-bond donors (Lipinski definition) is 1. The molecule has 0 aliphatic rings. The molecule has 0 amide bonds. The normalized spacial score (nSPS) is 10.3. The van der Waals surface area contributed by atoms with Crippen LogP contribution in [0.1, 0.15) is 16.2 Å². The zero-order valence-corrected chi connectivity index (χ0v) is 10.1. The third-order valence-corrected chi connectivity index (χ3v) is 2.76. The van der Waals surface area contributed by atoms with Gasteiger partial charge in [-0.25, -0.2) is 19.4 Å². The Morgan fingerprint density at radius 3 is 2.85 bits per heavy atom. The molecule has 2 heterocycles. The number of fused-ring (bicyclic) bond motifs is 1. The summed E-state index contributed by atoms with van der Waals surface area (Å²) >= 11 is 0. The van der Waals surface area contributed by atoms with Gasteiger partial charge in [0.15, 0.2) is 5.82 Å². The number of carboxylic acid groups (broad SMARTS) is 1. The number of aromatic carboxylic acids is 1. The first-order chi connectivity index (χ1) is 9.69. The maximum atomic E-state index is 11.3. The molecule has 7 nitrogen and oxygen atoms in total. The van der Waals surface area contributed by atoms with Gasteiger partial charge in [-0.05, 0) is 12.1 Å². The molecule has 20 heavy (non-hydrogen) atoms. The van der Waals surface area contributed by atoms with Gasteiger partial charge in [-0.1, -0.05) is 18.2 Å². The van der Waals surface area contributed by atoms with E-state index in [1.165, 1.54) is 17.1 Å². The molecule has 0 saturated heterocycles. The fourth-order valence-electron chi connectivity index (χ4n) is 1.88. The molecule has 0 radical (unpaired) electrons. The average molecular weight is 265 g/mol. The molecule has 1 aromatic carbocycles. The van der Waals surface area contributed by atoms with E-state index < -0.39 is 5.97 Å². The first-order valence-electron chi connectivity index (χ1n) is 5.64. The molecule has 1 N–H and O–H groups in total. The summed E-state index contributed by atoms with van der Waals surface area (Å²) in [7, 11) is 0. The van der Waals surface area contributed by atoms with Crippen LogP contribution in [0.4, 0.5) is 0 Å². The van der Waals surface area contributed by atoms with Gasteiger partial charge in [0.05, 0.1) is 11.1 Å². The first kappa shape index (κ1) is 11.8. The molecule has 2 aromatic heterocycles. The number of carbonyl (C=O) groups is 1. The number of nitriles is 1. The van der Waals surface area contributed by atoms with E-state index in [0.29, 0.717) is 16.7 Å². The van der Waals surface area contributed by atoms with Crippen LogP contribution < -0.4 is 0 Å². The minimum absolute atomic E-state index is 0.00293. The molecule has 3 aromatic rings. The van der Waals surface area contributed by atoms with Gasteiger partial charge in [0.1, 0.15) is 12.4 Å². The van der Waals surface area contributed by atoms with Crippen molar-refractivity contribution in [1.29, 1.82) is 5.26 Å². The van der Waals surface area contributed by atoms with E-state index in [0.717, 1.165) is 0 Å². The predicted octanol–water partition coefficient (Wildman–Crippen LogP) is 1.39. The molecule has 7 heteroatoms. The number of aromatic nitrogens is 4. The van der Waals surface area contributed by atoms with Gasteiger partial charge in [-0.2, -0.15) is 5.26 Å². The smallest absolute Gasteiger partial charge is 0.336 e. The lowest BCUT2D eigenvalue weighted by molar-refractivity contribution is 0.0699. The molecular formula is C13H7N5O2. The molecule has 3 rings (SSSR count). The fraction of sp³-hybridized carbons (Fsp3) is 0. The Hall–Kier alpha value is -3.27. The van der Waals surface area contributed by atoms with Crippen molar-refractivity contribution in [1.82, 2.24) is 19.7 Å². The third-order valence-electron chi connectivity index (χ3n) is 2.76. The zero-order chi connectivity index (χ0) is 14.1. The van der Waals surface area contributed by atoms with Crippen LogP contribution in [0.15, 0.2) is 36.7 Å². The topological polar surface area (TPSA) is 105 Å². The van der Waals surface area contributed by atoms with Crippen molar-refractivity contribution in [3.63, 3.8) is 0 Å². The number of benzene rings is 1. The Bertz CT molecular complexity index is 863. The summed E-state index contributed by atoms with van der Waals surface area (Å²) < 4.78 is 1.28. The van der Waals surface area contributed by atoms with Gasteiger partial charge in [-0.3, -0.25) is 0 Å². The van der Waals surface area contributed by atoms with Crippen LogP contribution >= 0.6 is 0 Å². The summed E-state index contributed by atoms with van der Waals surface area (Å²) in [5, 5.41) is 22.4. The SMILES string of the molecule is N#Cc1ncn(-c2cc(C(=O)O)c3ccccc3n2)n1. The molecule has 0 spiro atoms. The van der Waals surface area contributed by atoms with E-state index >= 15 is 0 Å². The minimum Gasteiger partial charge on any atom is -0.478 e. The molecular weight excluding hydrogens is 258 g/mol. The van der Waals surface area contributed by atoms with Crippen molar-refractivity contribution in [2.75, 3.05) is 0 Å². The van der Waals surface area contributed by atoms with Gasteiger partial charge in [0.2, 0.25) is 0 Å². The Balaban J connectivity index is 2.27. The summed E-state index contributed by atoms with van der Waals surface area (Å²) in [5.41, 5.74) is 0.663. The van der Waals surface area contributed by atoms with E-state index in [1.807, 2.05) is 0 Å². The quantitative estimate of drug-likeness (QED) is 0.750. The third kappa shape index (κ3) is 1.85. The number of carboxylic acids is 1. The van der Waals surface area contributed by atoms with Crippen LogP contribution in [0.5, 0.6) is 0 Å². The summed E-state index contributed by atoms with van der Waals surface area (Å²) in [6, 6.07) is 10.1. The molecule has 0 bridgehead atoms. The van der Waals surface area contributed by atoms with Crippen molar-refractivity contribution in [2.45, 2.75) is 0 Å². The lowest BCUT2D eigenvalue weighted by atomic mass is 10.1. The van der Waals surface area contributed by atoms with Crippen molar-refractivity contribution in [3.05, 3.63) is 48.0 Å². The monoisotopic (exact) mass is 265 g/mol. The molecule has 0 unspecified atom stereocenters. The van der Waals surface area contributed by atoms with Crippen molar-refractivity contribution in [2.24, 2.45) is 0 Å². The average Bonchev–Trinajstić information content (AvgIpc) is 2.95. The van der Waals surface area contributed by atoms with Crippen molar-refractivity contribution >= 4 is 16.9 Å². The Labute approximate surface area is 112 Å². The second-order valence-corrected chi connectivity index (χ2v) is 3.97. The van der Waals surface area contributed by atoms with Crippen LogP contribution in [-0.4, -0.2) is 30.8 Å². The summed E-state index contributed by atoms with van der Waals surface area (Å²) in [6.45, 7) is 0. The fourth-order valence-corrected chi connectivity index (χ4v) is 1.88. The molecule has 0 fully saturated rings. The standard InChI is InChI=1S/C13H7N5O2/c14-6-11-15-7-18(17-11)12-5-9(13(19)20)8-3-1-2-4-10(8)16-12/h1-5,7H,(H,19,20). The molecule has 0 aliphatic heterocycles. The van der Waals surface area contributed by atoms with E-state index in [-0.39, 0.29) is 11.4 Å². The number of hydrogen-bond acceptors (Lipinski definition) is 5. The van der Waals surface area contributed by atoms with E-state index in [9.17, 15) is 9.90 Å². The van der Waals surface area contributed by atoms with Crippen LogP contribution in [0.3, 0.4) is 0 Å². The van der Waals surface area contributed by atoms with Gasteiger partial charge in [-0.15, -0.1) is 5.10 Å². The van der Waals surface area contributed by atoms with Gasteiger partial charge in [0.25, 0.3) is 5.82 Å². The maximum absolute atomic E-state index is 11.3. The van der Waals surface area contributed by atoms with Crippen molar-refractivity contribution in [3.8, 4) is 11.9 Å². The number of rotatable bonds is 2. The Morgan fingerprint density at radius 1 is 1.35 bits per heavy atom. The molecule has 0 saturated carbocycles. The van der Waals surface area contributed by atoms with E-state index in [4.69, 9.17) is 5.26 Å². The lowest BCUT2D eigenvalue weighted by Gasteiger charge is -2.05. The van der Waals surface area contributed by atoms with E-state index in [1.54, 1.807) is 30.3 Å². The number of nitrogens with zero attached hydrogens (tertiary/aromatic N) is 5. The lowest BCUT2D eigenvalue weighted by Crippen LogP contribution is -2.05. The van der Waals surface area contributed by atoms with Gasteiger partial charge < -0.3 is 5.11 Å². The second kappa shape index (κ2) is 4.44. The largest absolute Gasteiger partial charge is 0.478 e. The highest BCUT2D eigenvalue weighted by atomic mass is 16.4. The minimum atomic E-state index is -1.05. The predicted molar refractivity (Wildman–Crippen MR) is 68.3 cm³/mol. The highest BCUT2D eigenvalue weighted by Crippen LogP contribution is 2.19. The summed E-state index contributed by atoms with van der Waals surface area (Å²) in [6.07, 6.45) is 1.32. The second-order valence-electron chi connectivity index (χ2n) is 3.97. The molecule has 0 aliphatic carbocycles. The van der Waals surface area contributed by atoms with Crippen LogP contribution in [0.2, 0.25) is 0 Å².